The summed E-state index contributed by atoms with van der Waals surface area (Å²) in [5.74, 6) is 1.46. The smallest absolute Gasteiger partial charge is 0.146 e. The normalized spacial score (nSPS) is 13.0. The van der Waals surface area contributed by atoms with Gasteiger partial charge in [-0.2, -0.15) is 0 Å². The number of halogens is 1. The molecule has 4 heteroatoms. The maximum Gasteiger partial charge on any atom is 0.146 e. The summed E-state index contributed by atoms with van der Waals surface area (Å²) >= 11 is 7.36. The number of thiophene rings is 1. The van der Waals surface area contributed by atoms with Crippen LogP contribution in [0, 0.1) is 6.92 Å². The first-order chi connectivity index (χ1) is 7.61. The van der Waals surface area contributed by atoms with E-state index in [2.05, 4.69) is 0 Å². The molecule has 2 rings (SSSR count). The molecule has 0 bridgehead atoms. The van der Waals surface area contributed by atoms with Gasteiger partial charge in [0.1, 0.15) is 17.6 Å². The first-order valence-electron chi connectivity index (χ1n) is 5.14. The van der Waals surface area contributed by atoms with Gasteiger partial charge in [-0.05, 0) is 30.7 Å². The summed E-state index contributed by atoms with van der Waals surface area (Å²) in [4.78, 5) is 0.819. The highest BCUT2D eigenvalue weighted by Gasteiger charge is 2.17. The third-order valence-corrected chi connectivity index (χ3v) is 4.05. The van der Waals surface area contributed by atoms with Crippen LogP contribution in [0.4, 0.5) is 0 Å². The third kappa shape index (κ3) is 2.17. The average molecular weight is 257 g/mol. The van der Waals surface area contributed by atoms with Crippen molar-refractivity contribution >= 4 is 22.9 Å². The van der Waals surface area contributed by atoms with E-state index in [4.69, 9.17) is 16.0 Å². The van der Waals surface area contributed by atoms with Crippen LogP contribution >= 0.6 is 22.9 Å². The number of aryl methyl sites for hydroxylation is 2. The predicted molar refractivity (Wildman–Crippen MR) is 66.2 cm³/mol. The summed E-state index contributed by atoms with van der Waals surface area (Å²) in [6.07, 6.45) is 0.119. The summed E-state index contributed by atoms with van der Waals surface area (Å²) in [6.45, 7) is 3.94. The predicted octanol–water partition coefficient (Wildman–Crippen LogP) is 3.95. The number of hydrogen-bond acceptors (Lipinski definition) is 3. The molecule has 86 valence electrons. The fourth-order valence-corrected chi connectivity index (χ4v) is 2.70. The Kier molecular flexibility index (Phi) is 3.38. The molecule has 1 unspecified atom stereocenters. The Morgan fingerprint density at radius 1 is 1.50 bits per heavy atom. The fourth-order valence-electron chi connectivity index (χ4n) is 1.49. The van der Waals surface area contributed by atoms with Crippen LogP contribution < -0.4 is 0 Å². The number of furan rings is 1. The lowest BCUT2D eigenvalue weighted by Crippen LogP contribution is -1.94. The van der Waals surface area contributed by atoms with Crippen LogP contribution in [0.3, 0.4) is 0 Å². The summed E-state index contributed by atoms with van der Waals surface area (Å²) in [5, 5.41) is 10.1. The minimum Gasteiger partial charge on any atom is -0.463 e. The standard InChI is InChI=1S/C12H13ClO2S/c1-3-8-4-5-9(15-8)11(14)10-6-7(2)12(13)16-10/h4-6,11,14H,3H2,1-2H3. The summed E-state index contributed by atoms with van der Waals surface area (Å²) in [7, 11) is 0. The van der Waals surface area contributed by atoms with E-state index >= 15 is 0 Å². The highest BCUT2D eigenvalue weighted by molar-refractivity contribution is 7.16. The van der Waals surface area contributed by atoms with Crippen LogP contribution in [0.1, 0.15) is 35.0 Å². The first kappa shape index (κ1) is 11.7. The lowest BCUT2D eigenvalue weighted by atomic mass is 10.2. The van der Waals surface area contributed by atoms with Crippen LogP contribution in [0.2, 0.25) is 4.34 Å². The van der Waals surface area contributed by atoms with Crippen molar-refractivity contribution in [1.82, 2.24) is 0 Å². The van der Waals surface area contributed by atoms with Crippen molar-refractivity contribution in [3.05, 3.63) is 44.5 Å². The van der Waals surface area contributed by atoms with E-state index in [1.807, 2.05) is 32.0 Å². The second kappa shape index (κ2) is 4.62. The highest BCUT2D eigenvalue weighted by Crippen LogP contribution is 2.34. The molecular weight excluding hydrogens is 244 g/mol. The highest BCUT2D eigenvalue weighted by atomic mass is 35.5. The maximum atomic E-state index is 10.1. The number of aliphatic hydroxyl groups excluding tert-OH is 1. The largest absolute Gasteiger partial charge is 0.463 e. The van der Waals surface area contributed by atoms with Gasteiger partial charge >= 0.3 is 0 Å². The summed E-state index contributed by atoms with van der Waals surface area (Å²) < 4.78 is 6.23. The van der Waals surface area contributed by atoms with Crippen molar-refractivity contribution in [3.8, 4) is 0 Å². The molecule has 1 N–H and O–H groups in total. The van der Waals surface area contributed by atoms with Gasteiger partial charge in [-0.25, -0.2) is 0 Å². The van der Waals surface area contributed by atoms with Gasteiger partial charge in [0.25, 0.3) is 0 Å². The molecule has 0 spiro atoms. The number of aliphatic hydroxyl groups is 1. The molecule has 2 aromatic rings. The van der Waals surface area contributed by atoms with Crippen molar-refractivity contribution in [3.63, 3.8) is 0 Å². The molecule has 16 heavy (non-hydrogen) atoms. The fraction of sp³-hybridized carbons (Fsp3) is 0.333. The van der Waals surface area contributed by atoms with E-state index in [0.29, 0.717) is 5.76 Å². The lowest BCUT2D eigenvalue weighted by Gasteiger charge is -2.04. The second-order valence-corrected chi connectivity index (χ2v) is 5.35. The van der Waals surface area contributed by atoms with Crippen molar-refractivity contribution in [2.45, 2.75) is 26.4 Å². The van der Waals surface area contributed by atoms with Crippen LogP contribution in [-0.4, -0.2) is 5.11 Å². The van der Waals surface area contributed by atoms with Crippen molar-refractivity contribution in [1.29, 1.82) is 0 Å². The monoisotopic (exact) mass is 256 g/mol. The van der Waals surface area contributed by atoms with Gasteiger partial charge in [0.2, 0.25) is 0 Å². The van der Waals surface area contributed by atoms with Gasteiger partial charge < -0.3 is 9.52 Å². The zero-order valence-electron chi connectivity index (χ0n) is 9.16. The van der Waals surface area contributed by atoms with Crippen molar-refractivity contribution in [2.24, 2.45) is 0 Å². The van der Waals surface area contributed by atoms with Gasteiger partial charge in [0.15, 0.2) is 0 Å². The molecule has 1 atom stereocenters. The Morgan fingerprint density at radius 2 is 2.25 bits per heavy atom. The van der Waals surface area contributed by atoms with Gasteiger partial charge in [0, 0.05) is 11.3 Å². The molecule has 2 aromatic heterocycles. The van der Waals surface area contributed by atoms with E-state index in [1.54, 1.807) is 0 Å². The lowest BCUT2D eigenvalue weighted by molar-refractivity contribution is 0.190. The molecule has 0 amide bonds. The second-order valence-electron chi connectivity index (χ2n) is 3.67. The Bertz CT molecular complexity index is 467. The summed E-state index contributed by atoms with van der Waals surface area (Å²) in [5.41, 5.74) is 0.989. The van der Waals surface area contributed by atoms with Gasteiger partial charge in [0.05, 0.1) is 4.34 Å². The van der Waals surface area contributed by atoms with Crippen LogP contribution in [0.25, 0.3) is 0 Å². The maximum absolute atomic E-state index is 10.1. The van der Waals surface area contributed by atoms with Crippen molar-refractivity contribution in [2.75, 3.05) is 0 Å². The SMILES string of the molecule is CCc1ccc(C(O)c2cc(C)c(Cl)s2)o1. The first-order valence-corrected chi connectivity index (χ1v) is 6.33. The molecule has 0 aromatic carbocycles. The molecule has 0 aliphatic rings. The molecular formula is C12H13ClO2S. The summed E-state index contributed by atoms with van der Waals surface area (Å²) in [6, 6.07) is 5.60. The van der Waals surface area contributed by atoms with Crippen LogP contribution in [-0.2, 0) is 6.42 Å². The van der Waals surface area contributed by atoms with E-state index in [9.17, 15) is 5.11 Å². The third-order valence-electron chi connectivity index (χ3n) is 2.45. The van der Waals surface area contributed by atoms with Gasteiger partial charge in [-0.1, -0.05) is 18.5 Å². The zero-order chi connectivity index (χ0) is 11.7. The van der Waals surface area contributed by atoms with Crippen LogP contribution in [0.5, 0.6) is 0 Å². The quantitative estimate of drug-likeness (QED) is 0.902. The Morgan fingerprint density at radius 3 is 2.75 bits per heavy atom. The zero-order valence-corrected chi connectivity index (χ0v) is 10.7. The van der Waals surface area contributed by atoms with Crippen LogP contribution in [0.15, 0.2) is 22.6 Å². The Labute approximate surface area is 103 Å². The van der Waals surface area contributed by atoms with E-state index in [1.165, 1.54) is 11.3 Å². The minimum atomic E-state index is -0.712. The van der Waals surface area contributed by atoms with Gasteiger partial charge in [-0.3, -0.25) is 0 Å². The van der Waals surface area contributed by atoms with E-state index in [0.717, 1.165) is 27.0 Å². The molecule has 0 fully saturated rings. The number of hydrogen-bond donors (Lipinski definition) is 1. The Balaban J connectivity index is 2.27. The molecule has 0 saturated heterocycles. The van der Waals surface area contributed by atoms with Gasteiger partial charge in [-0.15, -0.1) is 11.3 Å². The molecule has 2 nitrogen and oxygen atoms in total. The molecule has 0 saturated carbocycles. The Hall–Kier alpha value is -0.770. The van der Waals surface area contributed by atoms with Crippen molar-refractivity contribution < 1.29 is 9.52 Å². The average Bonchev–Trinajstić information content (AvgIpc) is 2.86. The molecule has 0 radical (unpaired) electrons. The topological polar surface area (TPSA) is 33.4 Å². The minimum absolute atomic E-state index is 0.578. The van der Waals surface area contributed by atoms with E-state index < -0.39 is 6.10 Å². The molecule has 0 aliphatic carbocycles. The number of rotatable bonds is 3. The van der Waals surface area contributed by atoms with E-state index in [-0.39, 0.29) is 0 Å². The molecule has 0 aliphatic heterocycles. The molecule has 2 heterocycles.